The minimum absolute atomic E-state index is 0.379. The van der Waals surface area contributed by atoms with Crippen LogP contribution < -0.4 is 14.8 Å². The largest absolute Gasteiger partial charge is 0.493 e. The number of aromatic nitrogens is 6. The summed E-state index contributed by atoms with van der Waals surface area (Å²) in [6.07, 6.45) is 0. The number of hydrogen-bond acceptors (Lipinski definition) is 12. The Balaban J connectivity index is 1.51. The topological polar surface area (TPSA) is 126 Å². The van der Waals surface area contributed by atoms with E-state index in [0.29, 0.717) is 34.5 Å². The van der Waals surface area contributed by atoms with Crippen LogP contribution in [0.15, 0.2) is 64.1 Å². The number of rotatable bonds is 8. The Morgan fingerprint density at radius 2 is 1.86 bits per heavy atom. The smallest absolute Gasteiger partial charge is 0.338 e. The minimum atomic E-state index is -0.645. The van der Waals surface area contributed by atoms with Crippen LogP contribution in [-0.4, -0.2) is 63.5 Å². The molecule has 5 rings (SSSR count). The fraction of sp³-hybridized carbons (Fsp3) is 0.217. The van der Waals surface area contributed by atoms with Crippen molar-refractivity contribution in [2.45, 2.75) is 10.4 Å². The number of methoxy groups -OCH3 is 3. The first-order chi connectivity index (χ1) is 17.6. The molecule has 1 N–H and O–H groups in total. The quantitative estimate of drug-likeness (QED) is 0.269. The Hall–Kier alpha value is -3.97. The summed E-state index contributed by atoms with van der Waals surface area (Å²) in [4.78, 5) is 13.1. The SMILES string of the molecule is COC(=O)C1=C(CSc2nnc(-c3ccccc3)s2)Nc2nnnn2C1c1ccc(OC)c(OC)c1. The number of nitrogens with one attached hydrogen (secondary N) is 1. The van der Waals surface area contributed by atoms with Crippen LogP contribution >= 0.6 is 23.1 Å². The van der Waals surface area contributed by atoms with Crippen LogP contribution in [0.5, 0.6) is 11.5 Å². The molecule has 0 bridgehead atoms. The highest BCUT2D eigenvalue weighted by atomic mass is 32.2. The van der Waals surface area contributed by atoms with Gasteiger partial charge in [0.25, 0.3) is 0 Å². The van der Waals surface area contributed by atoms with Crippen LogP contribution in [0.4, 0.5) is 5.95 Å². The van der Waals surface area contributed by atoms with Crippen LogP contribution in [0.25, 0.3) is 10.6 Å². The molecule has 0 spiro atoms. The van der Waals surface area contributed by atoms with E-state index in [4.69, 9.17) is 14.2 Å². The molecule has 3 heterocycles. The summed E-state index contributed by atoms with van der Waals surface area (Å²) in [7, 11) is 4.46. The second-order valence-corrected chi connectivity index (χ2v) is 9.70. The summed E-state index contributed by atoms with van der Waals surface area (Å²) < 4.78 is 18.3. The standard InChI is InChI=1S/C23H21N7O4S2/c1-32-16-10-9-14(11-17(16)33-2)19-18(21(31)34-3)15(24-22-26-28-29-30(19)22)12-35-23-27-25-20(36-23)13-7-5-4-6-8-13/h4-11,19H,12H2,1-3H3,(H,24,26,29). The van der Waals surface area contributed by atoms with Crippen LogP contribution in [0.2, 0.25) is 0 Å². The van der Waals surface area contributed by atoms with E-state index in [0.717, 1.165) is 20.5 Å². The van der Waals surface area contributed by atoms with Gasteiger partial charge in [0, 0.05) is 17.0 Å². The van der Waals surface area contributed by atoms with Crippen molar-refractivity contribution < 1.29 is 19.0 Å². The van der Waals surface area contributed by atoms with E-state index in [1.807, 2.05) is 36.4 Å². The maximum absolute atomic E-state index is 13.1. The van der Waals surface area contributed by atoms with Crippen molar-refractivity contribution in [3.05, 3.63) is 65.4 Å². The first kappa shape index (κ1) is 23.8. The van der Waals surface area contributed by atoms with E-state index in [9.17, 15) is 4.79 Å². The summed E-state index contributed by atoms with van der Waals surface area (Å²) in [6.45, 7) is 0. The number of fused-ring (bicyclic) bond motifs is 1. The number of esters is 1. The highest BCUT2D eigenvalue weighted by Gasteiger charge is 2.36. The molecule has 1 aliphatic heterocycles. The Kier molecular flexibility index (Phi) is 6.82. The average Bonchev–Trinajstić information content (AvgIpc) is 3.60. The zero-order valence-electron chi connectivity index (χ0n) is 19.5. The van der Waals surface area contributed by atoms with E-state index in [-0.39, 0.29) is 0 Å². The molecule has 1 aliphatic rings. The van der Waals surface area contributed by atoms with Crippen LogP contribution in [0.1, 0.15) is 11.6 Å². The zero-order chi connectivity index (χ0) is 25.1. The van der Waals surface area contributed by atoms with Gasteiger partial charge in [-0.2, -0.15) is 4.68 Å². The lowest BCUT2D eigenvalue weighted by molar-refractivity contribution is -0.136. The van der Waals surface area contributed by atoms with E-state index < -0.39 is 12.0 Å². The molecule has 0 saturated carbocycles. The van der Waals surface area contributed by atoms with Crippen LogP contribution in [0.3, 0.4) is 0 Å². The fourth-order valence-electron chi connectivity index (χ4n) is 3.83. The van der Waals surface area contributed by atoms with Crippen LogP contribution in [0, 0.1) is 0 Å². The maximum atomic E-state index is 13.1. The third-order valence-corrected chi connectivity index (χ3v) is 7.63. The summed E-state index contributed by atoms with van der Waals surface area (Å²) in [5.41, 5.74) is 2.72. The van der Waals surface area contributed by atoms with Gasteiger partial charge in [-0.15, -0.1) is 10.2 Å². The highest BCUT2D eigenvalue weighted by Crippen LogP contribution is 2.40. The second-order valence-electron chi connectivity index (χ2n) is 7.50. The van der Waals surface area contributed by atoms with Gasteiger partial charge in [-0.05, 0) is 28.1 Å². The third kappa shape index (κ3) is 4.50. The summed E-state index contributed by atoms with van der Waals surface area (Å²) >= 11 is 2.94. The van der Waals surface area contributed by atoms with Crippen molar-refractivity contribution in [3.8, 4) is 22.1 Å². The monoisotopic (exact) mass is 523 g/mol. The van der Waals surface area contributed by atoms with Crippen molar-refractivity contribution >= 4 is 35.0 Å². The normalized spacial score (nSPS) is 14.7. The summed E-state index contributed by atoms with van der Waals surface area (Å²) in [6, 6.07) is 14.6. The number of hydrogen-bond donors (Lipinski definition) is 1. The number of carbonyl (C=O) groups is 1. The molecule has 0 aliphatic carbocycles. The molecule has 0 radical (unpaired) electrons. The first-order valence-electron chi connectivity index (χ1n) is 10.7. The van der Waals surface area contributed by atoms with Gasteiger partial charge < -0.3 is 19.5 Å². The lowest BCUT2D eigenvalue weighted by Crippen LogP contribution is -2.31. The molecule has 4 aromatic rings. The van der Waals surface area contributed by atoms with Crippen molar-refractivity contribution in [3.63, 3.8) is 0 Å². The van der Waals surface area contributed by atoms with Gasteiger partial charge in [-0.3, -0.25) is 0 Å². The van der Waals surface area contributed by atoms with Crippen LogP contribution in [-0.2, 0) is 9.53 Å². The molecule has 0 fully saturated rings. The Labute approximate surface area is 214 Å². The lowest BCUT2D eigenvalue weighted by atomic mass is 9.95. The fourth-order valence-corrected chi connectivity index (χ4v) is 5.65. The Morgan fingerprint density at radius 3 is 2.61 bits per heavy atom. The number of benzene rings is 2. The second kappa shape index (κ2) is 10.3. The molecule has 2 aromatic carbocycles. The predicted molar refractivity (Wildman–Crippen MR) is 134 cm³/mol. The summed E-state index contributed by atoms with van der Waals surface area (Å²) in [5.74, 6) is 1.38. The molecule has 11 nitrogen and oxygen atoms in total. The van der Waals surface area contributed by atoms with Gasteiger partial charge in [0.05, 0.1) is 26.9 Å². The lowest BCUT2D eigenvalue weighted by Gasteiger charge is -2.28. The molecule has 0 amide bonds. The maximum Gasteiger partial charge on any atom is 0.338 e. The number of nitrogens with zero attached hydrogens (tertiary/aromatic N) is 6. The zero-order valence-corrected chi connectivity index (χ0v) is 21.2. The van der Waals surface area contributed by atoms with Gasteiger partial charge in [-0.25, -0.2) is 4.79 Å². The number of anilines is 1. The average molecular weight is 524 g/mol. The number of tetrazole rings is 1. The molecule has 0 saturated heterocycles. The Morgan fingerprint density at radius 1 is 1.06 bits per heavy atom. The molecular weight excluding hydrogens is 502 g/mol. The van der Waals surface area contributed by atoms with E-state index in [1.54, 1.807) is 31.0 Å². The third-order valence-electron chi connectivity index (χ3n) is 5.49. The number of carbonyl (C=O) groups excluding carboxylic acids is 1. The molecule has 36 heavy (non-hydrogen) atoms. The van der Waals surface area contributed by atoms with Gasteiger partial charge in [0.2, 0.25) is 5.95 Å². The van der Waals surface area contributed by atoms with E-state index in [2.05, 4.69) is 31.0 Å². The van der Waals surface area contributed by atoms with Gasteiger partial charge >= 0.3 is 5.97 Å². The predicted octanol–water partition coefficient (Wildman–Crippen LogP) is 3.44. The first-order valence-corrected chi connectivity index (χ1v) is 12.5. The van der Waals surface area contributed by atoms with Crippen molar-refractivity contribution in [1.29, 1.82) is 0 Å². The number of thioether (sulfide) groups is 1. The molecule has 184 valence electrons. The van der Waals surface area contributed by atoms with Gasteiger partial charge in [0.15, 0.2) is 15.8 Å². The molecule has 13 heteroatoms. The van der Waals surface area contributed by atoms with E-state index in [1.165, 1.54) is 30.2 Å². The Bertz CT molecular complexity index is 1420. The number of ether oxygens (including phenoxy) is 3. The van der Waals surface area contributed by atoms with Crippen molar-refractivity contribution in [2.75, 3.05) is 32.4 Å². The molecule has 1 unspecified atom stereocenters. The van der Waals surface area contributed by atoms with Gasteiger partial charge in [0.1, 0.15) is 11.0 Å². The summed E-state index contributed by atoms with van der Waals surface area (Å²) in [5, 5.41) is 24.6. The van der Waals surface area contributed by atoms with Gasteiger partial charge in [-0.1, -0.05) is 64.6 Å². The van der Waals surface area contributed by atoms with E-state index >= 15 is 0 Å². The molecule has 2 aromatic heterocycles. The highest BCUT2D eigenvalue weighted by molar-refractivity contribution is 8.01. The molecule has 1 atom stereocenters. The molecular formula is C23H21N7O4S2. The van der Waals surface area contributed by atoms with Crippen molar-refractivity contribution in [2.24, 2.45) is 0 Å². The van der Waals surface area contributed by atoms with Crippen molar-refractivity contribution in [1.82, 2.24) is 30.4 Å². The minimum Gasteiger partial charge on any atom is -0.493 e.